The van der Waals surface area contributed by atoms with Crippen molar-refractivity contribution >= 4 is 5.95 Å². The molecule has 1 aliphatic heterocycles. The second-order valence-corrected chi connectivity index (χ2v) is 4.17. The summed E-state index contributed by atoms with van der Waals surface area (Å²) in [7, 11) is 0. The third-order valence-electron chi connectivity index (χ3n) is 2.95. The van der Waals surface area contributed by atoms with E-state index in [0.29, 0.717) is 11.9 Å². The summed E-state index contributed by atoms with van der Waals surface area (Å²) in [4.78, 5) is 10.0. The fourth-order valence-corrected chi connectivity index (χ4v) is 2.13. The fraction of sp³-hybridized carbons (Fsp3) is 0.636. The van der Waals surface area contributed by atoms with Crippen molar-refractivity contribution in [1.82, 2.24) is 9.97 Å². The first-order chi connectivity index (χ1) is 7.79. The Bertz CT molecular complexity index is 329. The molecule has 1 N–H and O–H groups in total. The van der Waals surface area contributed by atoms with Crippen molar-refractivity contribution < 1.29 is 9.50 Å². The van der Waals surface area contributed by atoms with Crippen molar-refractivity contribution in [1.29, 1.82) is 0 Å². The van der Waals surface area contributed by atoms with Crippen LogP contribution in [0.15, 0.2) is 12.4 Å². The number of aliphatic hydroxyl groups excluding tert-OH is 1. The second-order valence-electron chi connectivity index (χ2n) is 4.17. The highest BCUT2D eigenvalue weighted by molar-refractivity contribution is 5.29. The molecule has 4 nitrogen and oxygen atoms in total. The first-order valence-electron chi connectivity index (χ1n) is 5.63. The van der Waals surface area contributed by atoms with Crippen molar-refractivity contribution in [2.45, 2.75) is 19.3 Å². The van der Waals surface area contributed by atoms with E-state index in [2.05, 4.69) is 14.9 Å². The quantitative estimate of drug-likeness (QED) is 0.840. The summed E-state index contributed by atoms with van der Waals surface area (Å²) in [5, 5.41) is 8.91. The zero-order valence-corrected chi connectivity index (χ0v) is 9.14. The maximum absolute atomic E-state index is 12.7. The molecule has 16 heavy (non-hydrogen) atoms. The molecule has 1 atom stereocenters. The average molecular weight is 225 g/mol. The minimum Gasteiger partial charge on any atom is -0.396 e. The average Bonchev–Trinajstić information content (AvgIpc) is 2.31. The highest BCUT2D eigenvalue weighted by Gasteiger charge is 2.21. The maximum Gasteiger partial charge on any atom is 0.225 e. The molecule has 5 heteroatoms. The van der Waals surface area contributed by atoms with Gasteiger partial charge >= 0.3 is 0 Å². The molecule has 0 aromatic carbocycles. The topological polar surface area (TPSA) is 49.2 Å². The van der Waals surface area contributed by atoms with Crippen LogP contribution < -0.4 is 4.90 Å². The number of piperidine rings is 1. The van der Waals surface area contributed by atoms with Crippen molar-refractivity contribution in [3.05, 3.63) is 18.2 Å². The minimum atomic E-state index is -0.410. The molecular weight excluding hydrogens is 209 g/mol. The van der Waals surface area contributed by atoms with Crippen LogP contribution in [0, 0.1) is 11.7 Å². The molecule has 1 aliphatic rings. The standard InChI is InChI=1S/C11H16FN3O/c12-10-6-13-11(14-7-10)15-4-1-2-9(8-15)3-5-16/h6-7,9,16H,1-5,8H2. The highest BCUT2D eigenvalue weighted by atomic mass is 19.1. The predicted octanol–water partition coefficient (Wildman–Crippen LogP) is 1.21. The predicted molar refractivity (Wildman–Crippen MR) is 58.6 cm³/mol. The summed E-state index contributed by atoms with van der Waals surface area (Å²) in [6, 6.07) is 0. The normalized spacial score (nSPS) is 21.1. The number of rotatable bonds is 3. The molecule has 0 aliphatic carbocycles. The molecule has 0 bridgehead atoms. The van der Waals surface area contributed by atoms with Crippen LogP contribution >= 0.6 is 0 Å². The Morgan fingerprint density at radius 1 is 1.44 bits per heavy atom. The summed E-state index contributed by atoms with van der Waals surface area (Å²) in [6.45, 7) is 1.99. The van der Waals surface area contributed by atoms with Gasteiger partial charge in [-0.3, -0.25) is 0 Å². The lowest BCUT2D eigenvalue weighted by atomic mass is 9.95. The molecule has 0 amide bonds. The molecule has 1 aromatic rings. The Hall–Kier alpha value is -1.23. The highest BCUT2D eigenvalue weighted by Crippen LogP contribution is 2.22. The van der Waals surface area contributed by atoms with Crippen LogP contribution in [-0.4, -0.2) is 34.8 Å². The Kier molecular flexibility index (Phi) is 3.66. The van der Waals surface area contributed by atoms with Gasteiger partial charge in [0.05, 0.1) is 12.4 Å². The van der Waals surface area contributed by atoms with Gasteiger partial charge in [0.15, 0.2) is 5.82 Å². The van der Waals surface area contributed by atoms with Crippen LogP contribution in [0.25, 0.3) is 0 Å². The molecule has 0 spiro atoms. The van der Waals surface area contributed by atoms with E-state index < -0.39 is 5.82 Å². The zero-order valence-electron chi connectivity index (χ0n) is 9.14. The van der Waals surface area contributed by atoms with Gasteiger partial charge in [-0.1, -0.05) is 0 Å². The van der Waals surface area contributed by atoms with Crippen LogP contribution in [0.5, 0.6) is 0 Å². The first-order valence-corrected chi connectivity index (χ1v) is 5.63. The number of hydrogen-bond acceptors (Lipinski definition) is 4. The van der Waals surface area contributed by atoms with E-state index in [1.165, 1.54) is 12.4 Å². The third kappa shape index (κ3) is 2.66. The van der Waals surface area contributed by atoms with Gasteiger partial charge in [0, 0.05) is 19.7 Å². The lowest BCUT2D eigenvalue weighted by Gasteiger charge is -2.32. The van der Waals surface area contributed by atoms with E-state index in [-0.39, 0.29) is 6.61 Å². The van der Waals surface area contributed by atoms with Crippen molar-refractivity contribution in [2.75, 3.05) is 24.6 Å². The Labute approximate surface area is 94.1 Å². The number of hydrogen-bond donors (Lipinski definition) is 1. The summed E-state index contributed by atoms with van der Waals surface area (Å²) in [6.07, 6.45) is 5.41. The number of halogens is 1. The minimum absolute atomic E-state index is 0.225. The monoisotopic (exact) mass is 225 g/mol. The van der Waals surface area contributed by atoms with Gasteiger partial charge in [-0.2, -0.15) is 0 Å². The van der Waals surface area contributed by atoms with Gasteiger partial charge in [0.25, 0.3) is 0 Å². The number of aromatic nitrogens is 2. The van der Waals surface area contributed by atoms with E-state index in [9.17, 15) is 4.39 Å². The van der Waals surface area contributed by atoms with E-state index in [1.807, 2.05) is 0 Å². The Morgan fingerprint density at radius 3 is 2.88 bits per heavy atom. The number of aliphatic hydroxyl groups is 1. The summed E-state index contributed by atoms with van der Waals surface area (Å²) < 4.78 is 12.7. The molecular formula is C11H16FN3O. The zero-order chi connectivity index (χ0) is 11.4. The van der Waals surface area contributed by atoms with Gasteiger partial charge in [-0.05, 0) is 25.2 Å². The van der Waals surface area contributed by atoms with Crippen LogP contribution in [0.4, 0.5) is 10.3 Å². The molecule has 1 fully saturated rings. The smallest absolute Gasteiger partial charge is 0.225 e. The van der Waals surface area contributed by atoms with E-state index in [4.69, 9.17) is 5.11 Å². The van der Waals surface area contributed by atoms with Gasteiger partial charge in [0.2, 0.25) is 5.95 Å². The summed E-state index contributed by atoms with van der Waals surface area (Å²) >= 11 is 0. The van der Waals surface area contributed by atoms with E-state index in [1.54, 1.807) is 0 Å². The molecule has 2 heterocycles. The molecule has 2 rings (SSSR count). The molecule has 1 saturated heterocycles. The van der Waals surface area contributed by atoms with Crippen LogP contribution in [0.3, 0.4) is 0 Å². The van der Waals surface area contributed by atoms with Gasteiger partial charge in [-0.15, -0.1) is 0 Å². The lowest BCUT2D eigenvalue weighted by molar-refractivity contribution is 0.244. The van der Waals surface area contributed by atoms with Crippen LogP contribution in [0.1, 0.15) is 19.3 Å². The van der Waals surface area contributed by atoms with E-state index >= 15 is 0 Å². The molecule has 88 valence electrons. The van der Waals surface area contributed by atoms with Crippen molar-refractivity contribution in [2.24, 2.45) is 5.92 Å². The maximum atomic E-state index is 12.7. The van der Waals surface area contributed by atoms with Crippen LogP contribution in [-0.2, 0) is 0 Å². The molecule has 1 aromatic heterocycles. The first kappa shape index (κ1) is 11.3. The van der Waals surface area contributed by atoms with Crippen LogP contribution in [0.2, 0.25) is 0 Å². The van der Waals surface area contributed by atoms with Crippen molar-refractivity contribution in [3.63, 3.8) is 0 Å². The molecule has 1 unspecified atom stereocenters. The van der Waals surface area contributed by atoms with Crippen molar-refractivity contribution in [3.8, 4) is 0 Å². The number of nitrogens with zero attached hydrogens (tertiary/aromatic N) is 3. The van der Waals surface area contributed by atoms with E-state index in [0.717, 1.165) is 32.4 Å². The molecule has 0 saturated carbocycles. The fourth-order valence-electron chi connectivity index (χ4n) is 2.13. The Balaban J connectivity index is 2.01. The summed E-state index contributed by atoms with van der Waals surface area (Å²) in [5.41, 5.74) is 0. The SMILES string of the molecule is OCCC1CCCN(c2ncc(F)cn2)C1. The van der Waals surface area contributed by atoms with Gasteiger partial charge in [0.1, 0.15) is 0 Å². The van der Waals surface area contributed by atoms with Gasteiger partial charge in [-0.25, -0.2) is 14.4 Å². The molecule has 0 radical (unpaired) electrons. The second kappa shape index (κ2) is 5.21. The largest absolute Gasteiger partial charge is 0.396 e. The number of anilines is 1. The third-order valence-corrected chi connectivity index (χ3v) is 2.95. The lowest BCUT2D eigenvalue weighted by Crippen LogP contribution is -2.36. The van der Waals surface area contributed by atoms with Gasteiger partial charge < -0.3 is 10.0 Å². The summed E-state index contributed by atoms with van der Waals surface area (Å²) in [5.74, 6) is 0.670. The Morgan fingerprint density at radius 2 is 2.19 bits per heavy atom.